The fourth-order valence-electron chi connectivity index (χ4n) is 3.81. The molecule has 1 spiro atoms. The second-order valence-corrected chi connectivity index (χ2v) is 8.92. The van der Waals surface area contributed by atoms with Gasteiger partial charge in [-0.1, -0.05) is 42.5 Å². The molecule has 2 heterocycles. The molecular formula is C21H20O5S. The minimum Gasteiger partial charge on any atom is -0.450 e. The van der Waals surface area contributed by atoms with Crippen molar-refractivity contribution in [1.29, 1.82) is 0 Å². The van der Waals surface area contributed by atoms with E-state index in [1.165, 1.54) is 6.26 Å². The first-order chi connectivity index (χ1) is 12.9. The lowest BCUT2D eigenvalue weighted by Gasteiger charge is -2.34. The van der Waals surface area contributed by atoms with E-state index in [2.05, 4.69) is 0 Å². The van der Waals surface area contributed by atoms with Crippen molar-refractivity contribution in [3.8, 4) is 0 Å². The zero-order chi connectivity index (χ0) is 19.1. The highest BCUT2D eigenvalue weighted by Gasteiger charge is 2.49. The minimum atomic E-state index is -3.29. The fraction of sp³-hybridized carbons (Fsp3) is 0.286. The van der Waals surface area contributed by atoms with Crippen molar-refractivity contribution in [2.45, 2.75) is 23.3 Å². The summed E-state index contributed by atoms with van der Waals surface area (Å²) in [5.74, 6) is -0.342. The quantitative estimate of drug-likeness (QED) is 0.761. The Labute approximate surface area is 158 Å². The van der Waals surface area contributed by atoms with Crippen LogP contribution < -0.4 is 0 Å². The maximum Gasteiger partial charge on any atom is 0.340 e. The molecule has 6 heteroatoms. The molecule has 0 bridgehead atoms. The van der Waals surface area contributed by atoms with Gasteiger partial charge in [-0.05, 0) is 23.3 Å². The predicted molar refractivity (Wildman–Crippen MR) is 102 cm³/mol. The van der Waals surface area contributed by atoms with E-state index >= 15 is 0 Å². The Morgan fingerprint density at radius 1 is 0.889 bits per heavy atom. The molecule has 0 aromatic heterocycles. The summed E-state index contributed by atoms with van der Waals surface area (Å²) in [4.78, 5) is 13.1. The molecule has 2 aromatic rings. The van der Waals surface area contributed by atoms with Gasteiger partial charge in [0.25, 0.3) is 0 Å². The molecule has 0 aliphatic carbocycles. The Morgan fingerprint density at radius 2 is 1.52 bits per heavy atom. The molecule has 0 unspecified atom stereocenters. The first-order valence-corrected chi connectivity index (χ1v) is 10.7. The maximum atomic E-state index is 12.8. The number of benzene rings is 2. The van der Waals surface area contributed by atoms with Crippen molar-refractivity contribution in [3.05, 3.63) is 65.7 Å². The highest BCUT2D eigenvalue weighted by molar-refractivity contribution is 7.90. The summed E-state index contributed by atoms with van der Waals surface area (Å²) >= 11 is 0. The molecule has 2 aromatic carbocycles. The summed E-state index contributed by atoms with van der Waals surface area (Å²) in [5.41, 5.74) is 2.24. The summed E-state index contributed by atoms with van der Waals surface area (Å²) in [7, 11) is -3.29. The highest BCUT2D eigenvalue weighted by Crippen LogP contribution is 2.48. The lowest BCUT2D eigenvalue weighted by atomic mass is 9.80. The third-order valence-electron chi connectivity index (χ3n) is 5.13. The van der Waals surface area contributed by atoms with E-state index in [0.717, 1.165) is 16.7 Å². The summed E-state index contributed by atoms with van der Waals surface area (Å²) in [6.07, 6.45) is 2.34. The average molecular weight is 384 g/mol. The van der Waals surface area contributed by atoms with Crippen molar-refractivity contribution >= 4 is 27.0 Å². The molecule has 5 nitrogen and oxygen atoms in total. The first kappa shape index (κ1) is 17.9. The van der Waals surface area contributed by atoms with Gasteiger partial charge in [-0.3, -0.25) is 0 Å². The van der Waals surface area contributed by atoms with Gasteiger partial charge in [0.05, 0.1) is 23.7 Å². The number of ether oxygens (including phenoxy) is 2. The van der Waals surface area contributed by atoms with E-state index in [1.807, 2.05) is 30.3 Å². The second kappa shape index (κ2) is 6.62. The molecule has 1 saturated heterocycles. The van der Waals surface area contributed by atoms with E-state index in [0.29, 0.717) is 31.6 Å². The van der Waals surface area contributed by atoms with Crippen LogP contribution in [0.15, 0.2) is 59.5 Å². The number of carbonyl (C=O) groups excluding carboxylic acids is 1. The Kier molecular flexibility index (Phi) is 4.40. The van der Waals surface area contributed by atoms with Crippen LogP contribution >= 0.6 is 0 Å². The molecule has 1 fully saturated rings. The van der Waals surface area contributed by atoms with Gasteiger partial charge in [-0.2, -0.15) is 0 Å². The molecule has 2 aliphatic rings. The van der Waals surface area contributed by atoms with Crippen LogP contribution in [0.4, 0.5) is 0 Å². The van der Waals surface area contributed by atoms with Gasteiger partial charge in [0.15, 0.2) is 9.84 Å². The van der Waals surface area contributed by atoms with E-state index in [1.54, 1.807) is 24.3 Å². The lowest BCUT2D eigenvalue weighted by Crippen LogP contribution is -2.38. The smallest absolute Gasteiger partial charge is 0.340 e. The normalized spacial score (nSPS) is 19.4. The third-order valence-corrected chi connectivity index (χ3v) is 6.26. The van der Waals surface area contributed by atoms with Gasteiger partial charge in [0.1, 0.15) is 5.60 Å². The minimum absolute atomic E-state index is 0.249. The van der Waals surface area contributed by atoms with Gasteiger partial charge in [-0.15, -0.1) is 0 Å². The molecule has 0 atom stereocenters. The molecule has 27 heavy (non-hydrogen) atoms. The van der Waals surface area contributed by atoms with Crippen LogP contribution in [0.2, 0.25) is 0 Å². The number of sulfone groups is 1. The number of hydrogen-bond donors (Lipinski definition) is 0. The SMILES string of the molecule is CS(=O)(=O)c1ccc(C2=C(c3ccccc3)C(=O)OC23CCOCC3)cc1. The van der Waals surface area contributed by atoms with E-state index < -0.39 is 15.4 Å². The maximum absolute atomic E-state index is 12.8. The van der Waals surface area contributed by atoms with Gasteiger partial charge < -0.3 is 9.47 Å². The molecule has 2 aliphatic heterocycles. The zero-order valence-electron chi connectivity index (χ0n) is 15.0. The number of hydrogen-bond acceptors (Lipinski definition) is 5. The van der Waals surface area contributed by atoms with Crippen molar-refractivity contribution in [1.82, 2.24) is 0 Å². The number of rotatable bonds is 3. The second-order valence-electron chi connectivity index (χ2n) is 6.91. The monoisotopic (exact) mass is 384 g/mol. The highest BCUT2D eigenvalue weighted by atomic mass is 32.2. The van der Waals surface area contributed by atoms with Crippen LogP contribution in [-0.2, 0) is 24.1 Å². The van der Waals surface area contributed by atoms with Crippen molar-refractivity contribution in [2.75, 3.05) is 19.5 Å². The van der Waals surface area contributed by atoms with Gasteiger partial charge in [0.2, 0.25) is 0 Å². The average Bonchev–Trinajstić information content (AvgIpc) is 2.93. The molecule has 0 radical (unpaired) electrons. The molecule has 0 N–H and O–H groups in total. The summed E-state index contributed by atoms with van der Waals surface area (Å²) in [5, 5.41) is 0. The molecule has 140 valence electrons. The summed E-state index contributed by atoms with van der Waals surface area (Å²) < 4.78 is 35.0. The third kappa shape index (κ3) is 3.19. The number of carbonyl (C=O) groups is 1. The molecular weight excluding hydrogens is 364 g/mol. The van der Waals surface area contributed by atoms with E-state index in [4.69, 9.17) is 9.47 Å². The molecule has 4 rings (SSSR count). The summed E-state index contributed by atoms with van der Waals surface area (Å²) in [6.45, 7) is 1.03. The molecule has 0 amide bonds. The largest absolute Gasteiger partial charge is 0.450 e. The van der Waals surface area contributed by atoms with Crippen molar-refractivity contribution in [3.63, 3.8) is 0 Å². The Balaban J connectivity index is 1.92. The van der Waals surface area contributed by atoms with Crippen LogP contribution in [0.25, 0.3) is 11.1 Å². The topological polar surface area (TPSA) is 69.7 Å². The van der Waals surface area contributed by atoms with Crippen LogP contribution in [0.5, 0.6) is 0 Å². The van der Waals surface area contributed by atoms with Crippen molar-refractivity contribution in [2.24, 2.45) is 0 Å². The van der Waals surface area contributed by atoms with Gasteiger partial charge in [0, 0.05) is 24.7 Å². The van der Waals surface area contributed by atoms with E-state index in [9.17, 15) is 13.2 Å². The van der Waals surface area contributed by atoms with Crippen LogP contribution in [0, 0.1) is 0 Å². The van der Waals surface area contributed by atoms with Gasteiger partial charge in [-0.25, -0.2) is 13.2 Å². The Hall–Kier alpha value is -2.44. The summed E-state index contributed by atoms with van der Waals surface area (Å²) in [6, 6.07) is 16.1. The van der Waals surface area contributed by atoms with Crippen molar-refractivity contribution < 1.29 is 22.7 Å². The van der Waals surface area contributed by atoms with E-state index in [-0.39, 0.29) is 10.9 Å². The number of esters is 1. The fourth-order valence-corrected chi connectivity index (χ4v) is 4.44. The zero-order valence-corrected chi connectivity index (χ0v) is 15.8. The first-order valence-electron chi connectivity index (χ1n) is 8.82. The van der Waals surface area contributed by atoms with Gasteiger partial charge >= 0.3 is 5.97 Å². The standard InChI is InChI=1S/C21H20O5S/c1-27(23,24)17-9-7-16(8-10-17)19-18(15-5-3-2-4-6-15)20(22)26-21(19)11-13-25-14-12-21/h2-10H,11-14H2,1H3. The molecule has 0 saturated carbocycles. The van der Waals surface area contributed by atoms with Crippen LogP contribution in [0.3, 0.4) is 0 Å². The Bertz CT molecular complexity index is 998. The lowest BCUT2D eigenvalue weighted by molar-refractivity contribution is -0.150. The predicted octanol–water partition coefficient (Wildman–Crippen LogP) is 3.11. The van der Waals surface area contributed by atoms with Crippen LogP contribution in [-0.4, -0.2) is 39.5 Å². The Morgan fingerprint density at radius 3 is 2.11 bits per heavy atom. The van der Waals surface area contributed by atoms with Crippen LogP contribution in [0.1, 0.15) is 24.0 Å².